The molecule has 2 aromatic heterocycles. The molecule has 1 atom stereocenters. The molecular formula is C14H14N4O. The molecular weight excluding hydrogens is 240 g/mol. The number of fused-ring (bicyclic) bond motifs is 1. The van der Waals surface area contributed by atoms with Crippen molar-refractivity contribution in [1.29, 1.82) is 0 Å². The third-order valence-corrected chi connectivity index (χ3v) is 2.88. The first-order valence-corrected chi connectivity index (χ1v) is 6.11. The van der Waals surface area contributed by atoms with Crippen LogP contribution in [0.3, 0.4) is 0 Å². The number of hydrogen-bond donors (Lipinski definition) is 2. The maximum Gasteiger partial charge on any atom is 0.243 e. The lowest BCUT2D eigenvalue weighted by atomic mass is 10.1. The maximum atomic E-state index is 10.0. The number of nitrogens with one attached hydrogen (secondary N) is 1. The molecule has 96 valence electrons. The fourth-order valence-corrected chi connectivity index (χ4v) is 1.89. The normalized spacial score (nSPS) is 12.5. The van der Waals surface area contributed by atoms with Gasteiger partial charge in [-0.2, -0.15) is 4.98 Å². The Morgan fingerprint density at radius 2 is 1.89 bits per heavy atom. The Bertz CT molecular complexity index is 632. The first kappa shape index (κ1) is 11.7. The first-order chi connectivity index (χ1) is 9.33. The molecule has 0 aliphatic heterocycles. The van der Waals surface area contributed by atoms with Crippen molar-refractivity contribution in [3.05, 3.63) is 60.3 Å². The number of nitrogens with zero attached hydrogens (tertiary/aromatic N) is 3. The number of aromatic nitrogens is 3. The van der Waals surface area contributed by atoms with Gasteiger partial charge in [0.1, 0.15) is 0 Å². The summed E-state index contributed by atoms with van der Waals surface area (Å²) in [5, 5.41) is 17.3. The van der Waals surface area contributed by atoms with Crippen LogP contribution in [0, 0.1) is 0 Å². The minimum atomic E-state index is -0.576. The van der Waals surface area contributed by atoms with E-state index in [1.54, 1.807) is 4.52 Å². The van der Waals surface area contributed by atoms with Crippen LogP contribution in [-0.4, -0.2) is 26.2 Å². The summed E-state index contributed by atoms with van der Waals surface area (Å²) in [5.74, 6) is 0.515. The summed E-state index contributed by atoms with van der Waals surface area (Å²) in [6.07, 6.45) is 1.26. The summed E-state index contributed by atoms with van der Waals surface area (Å²) < 4.78 is 1.69. The fraction of sp³-hybridized carbons (Fsp3) is 0.143. The van der Waals surface area contributed by atoms with Crippen molar-refractivity contribution in [1.82, 2.24) is 14.6 Å². The molecule has 5 heteroatoms. The molecule has 3 rings (SSSR count). The lowest BCUT2D eigenvalue weighted by molar-refractivity contribution is 0.191. The second-order valence-corrected chi connectivity index (χ2v) is 4.25. The zero-order chi connectivity index (χ0) is 13.1. The molecule has 1 aromatic carbocycles. The smallest absolute Gasteiger partial charge is 0.243 e. The van der Waals surface area contributed by atoms with Crippen LogP contribution in [0.25, 0.3) is 5.65 Å². The van der Waals surface area contributed by atoms with Gasteiger partial charge in [0.25, 0.3) is 0 Å². The molecule has 0 saturated heterocycles. The second-order valence-electron chi connectivity index (χ2n) is 4.25. The molecule has 2 heterocycles. The number of aliphatic hydroxyl groups excluding tert-OH is 1. The van der Waals surface area contributed by atoms with Crippen molar-refractivity contribution >= 4 is 11.6 Å². The second kappa shape index (κ2) is 5.07. The topological polar surface area (TPSA) is 62.5 Å². The van der Waals surface area contributed by atoms with Crippen molar-refractivity contribution in [2.24, 2.45) is 0 Å². The van der Waals surface area contributed by atoms with E-state index in [0.717, 1.165) is 11.2 Å². The number of pyridine rings is 1. The first-order valence-electron chi connectivity index (χ1n) is 6.11. The van der Waals surface area contributed by atoms with Gasteiger partial charge in [0.05, 0.1) is 6.10 Å². The van der Waals surface area contributed by atoms with Crippen LogP contribution < -0.4 is 5.32 Å². The standard InChI is InChI=1S/C14H14N4O/c19-12(11-6-2-1-3-7-11)10-15-14-16-13-8-4-5-9-18(13)17-14/h1-9,12,19H,10H2,(H,15,17). The van der Waals surface area contributed by atoms with Gasteiger partial charge in [0, 0.05) is 12.7 Å². The van der Waals surface area contributed by atoms with Crippen molar-refractivity contribution in [3.63, 3.8) is 0 Å². The van der Waals surface area contributed by atoms with Crippen LogP contribution in [0.15, 0.2) is 54.7 Å². The number of anilines is 1. The molecule has 2 N–H and O–H groups in total. The number of aliphatic hydroxyl groups is 1. The largest absolute Gasteiger partial charge is 0.387 e. The third kappa shape index (κ3) is 2.56. The van der Waals surface area contributed by atoms with Crippen molar-refractivity contribution in [3.8, 4) is 0 Å². The van der Waals surface area contributed by atoms with Crippen molar-refractivity contribution in [2.75, 3.05) is 11.9 Å². The highest BCUT2D eigenvalue weighted by Crippen LogP contribution is 2.13. The van der Waals surface area contributed by atoms with Crippen LogP contribution in [0.4, 0.5) is 5.95 Å². The minimum Gasteiger partial charge on any atom is -0.387 e. The van der Waals surface area contributed by atoms with Crippen LogP contribution in [0.5, 0.6) is 0 Å². The molecule has 3 aromatic rings. The Balaban J connectivity index is 1.69. The van der Waals surface area contributed by atoms with Gasteiger partial charge < -0.3 is 10.4 Å². The molecule has 0 aliphatic rings. The van der Waals surface area contributed by atoms with Crippen LogP contribution >= 0.6 is 0 Å². The average molecular weight is 254 g/mol. The predicted molar refractivity (Wildman–Crippen MR) is 72.9 cm³/mol. The van der Waals surface area contributed by atoms with E-state index in [1.807, 2.05) is 54.7 Å². The molecule has 19 heavy (non-hydrogen) atoms. The highest BCUT2D eigenvalue weighted by atomic mass is 16.3. The number of benzene rings is 1. The lowest BCUT2D eigenvalue weighted by Gasteiger charge is -2.10. The molecule has 5 nitrogen and oxygen atoms in total. The predicted octanol–water partition coefficient (Wildman–Crippen LogP) is 1.87. The zero-order valence-corrected chi connectivity index (χ0v) is 10.3. The van der Waals surface area contributed by atoms with Gasteiger partial charge in [-0.3, -0.25) is 0 Å². The van der Waals surface area contributed by atoms with E-state index >= 15 is 0 Å². The Labute approximate surface area is 110 Å². The van der Waals surface area contributed by atoms with Crippen LogP contribution in [-0.2, 0) is 0 Å². The summed E-state index contributed by atoms with van der Waals surface area (Å²) in [5.41, 5.74) is 1.65. The van der Waals surface area contributed by atoms with Gasteiger partial charge in [-0.05, 0) is 17.7 Å². The summed E-state index contributed by atoms with van der Waals surface area (Å²) in [6, 6.07) is 15.2. The molecule has 0 spiro atoms. The Morgan fingerprint density at radius 1 is 1.11 bits per heavy atom. The number of rotatable bonds is 4. The molecule has 0 bridgehead atoms. The van der Waals surface area contributed by atoms with Gasteiger partial charge in [-0.1, -0.05) is 36.4 Å². The monoisotopic (exact) mass is 254 g/mol. The Morgan fingerprint density at radius 3 is 2.68 bits per heavy atom. The molecule has 0 amide bonds. The molecule has 1 unspecified atom stereocenters. The summed E-state index contributed by atoms with van der Waals surface area (Å²) >= 11 is 0. The van der Waals surface area contributed by atoms with E-state index in [-0.39, 0.29) is 0 Å². The SMILES string of the molecule is OC(CNc1nc2ccccn2n1)c1ccccc1. The van der Waals surface area contributed by atoms with E-state index in [1.165, 1.54) is 0 Å². The molecule has 0 fully saturated rings. The minimum absolute atomic E-state index is 0.376. The van der Waals surface area contributed by atoms with E-state index in [0.29, 0.717) is 12.5 Å². The summed E-state index contributed by atoms with van der Waals surface area (Å²) in [7, 11) is 0. The van der Waals surface area contributed by atoms with Crippen molar-refractivity contribution in [2.45, 2.75) is 6.10 Å². The lowest BCUT2D eigenvalue weighted by Crippen LogP contribution is -2.12. The van der Waals surface area contributed by atoms with Gasteiger partial charge in [-0.25, -0.2) is 4.52 Å². The van der Waals surface area contributed by atoms with E-state index in [4.69, 9.17) is 0 Å². The highest BCUT2D eigenvalue weighted by Gasteiger charge is 2.08. The van der Waals surface area contributed by atoms with Gasteiger partial charge >= 0.3 is 0 Å². The van der Waals surface area contributed by atoms with E-state index in [2.05, 4.69) is 15.4 Å². The van der Waals surface area contributed by atoms with Crippen LogP contribution in [0.2, 0.25) is 0 Å². The molecule has 0 aliphatic carbocycles. The quantitative estimate of drug-likeness (QED) is 0.746. The Kier molecular flexibility index (Phi) is 3.12. The fourth-order valence-electron chi connectivity index (χ4n) is 1.89. The van der Waals surface area contributed by atoms with E-state index in [9.17, 15) is 5.11 Å². The highest BCUT2D eigenvalue weighted by molar-refractivity contribution is 5.42. The van der Waals surface area contributed by atoms with E-state index < -0.39 is 6.10 Å². The zero-order valence-electron chi connectivity index (χ0n) is 10.3. The van der Waals surface area contributed by atoms with Gasteiger partial charge in [0.2, 0.25) is 5.95 Å². The van der Waals surface area contributed by atoms with Crippen LogP contribution in [0.1, 0.15) is 11.7 Å². The Hall–Kier alpha value is -2.40. The number of hydrogen-bond acceptors (Lipinski definition) is 4. The summed E-state index contributed by atoms with van der Waals surface area (Å²) in [4.78, 5) is 4.31. The van der Waals surface area contributed by atoms with Gasteiger partial charge in [-0.15, -0.1) is 5.10 Å². The molecule has 0 radical (unpaired) electrons. The average Bonchev–Trinajstić information content (AvgIpc) is 2.88. The maximum absolute atomic E-state index is 10.0. The molecule has 0 saturated carbocycles. The third-order valence-electron chi connectivity index (χ3n) is 2.88. The van der Waals surface area contributed by atoms with Crippen molar-refractivity contribution < 1.29 is 5.11 Å². The summed E-state index contributed by atoms with van der Waals surface area (Å²) in [6.45, 7) is 0.376. The van der Waals surface area contributed by atoms with Gasteiger partial charge in [0.15, 0.2) is 5.65 Å².